The molecular weight excluding hydrogens is 378 g/mol. The monoisotopic (exact) mass is 399 g/mol. The first-order valence-corrected chi connectivity index (χ1v) is 10.8. The topological polar surface area (TPSA) is 112 Å². The number of hydrogen-bond donors (Lipinski definition) is 2. The van der Waals surface area contributed by atoms with Gasteiger partial charge in [0, 0.05) is 37.9 Å². The Morgan fingerprint density at radius 2 is 1.96 bits per heavy atom. The molecule has 3 heterocycles. The summed E-state index contributed by atoms with van der Waals surface area (Å²) >= 11 is 0. The molecule has 2 aromatic heterocycles. The van der Waals surface area contributed by atoms with Crippen LogP contribution in [0.3, 0.4) is 0 Å². The predicted molar refractivity (Wildman–Crippen MR) is 105 cm³/mol. The molecule has 0 aliphatic carbocycles. The van der Waals surface area contributed by atoms with E-state index in [0.717, 1.165) is 23.1 Å². The number of aromatic nitrogens is 4. The van der Waals surface area contributed by atoms with Crippen molar-refractivity contribution in [3.05, 3.63) is 63.2 Å². The van der Waals surface area contributed by atoms with E-state index in [4.69, 9.17) is 0 Å². The molecule has 3 aromatic rings. The summed E-state index contributed by atoms with van der Waals surface area (Å²) < 4.78 is 23.4. The maximum Gasteiger partial charge on any atom is 0.256 e. The van der Waals surface area contributed by atoms with Gasteiger partial charge in [-0.15, -0.1) is 0 Å². The minimum absolute atomic E-state index is 0.263. The molecule has 0 bridgehead atoms. The largest absolute Gasteiger partial charge is 0.297 e. The second kappa shape index (κ2) is 6.99. The third kappa shape index (κ3) is 3.63. The maximum absolute atomic E-state index is 12.4. The maximum atomic E-state index is 12.4. The van der Waals surface area contributed by atoms with E-state index in [1.165, 1.54) is 5.56 Å². The predicted octanol–water partition coefficient (Wildman–Crippen LogP) is 1.43. The number of aryl methyl sites for hydroxylation is 1. The molecule has 4 rings (SSSR count). The fourth-order valence-corrected chi connectivity index (χ4v) is 3.96. The van der Waals surface area contributed by atoms with Gasteiger partial charge < -0.3 is 0 Å². The highest BCUT2D eigenvalue weighted by molar-refractivity contribution is 7.90. The van der Waals surface area contributed by atoms with Crippen molar-refractivity contribution in [2.24, 2.45) is 0 Å². The Bertz CT molecular complexity index is 1180. The molecule has 0 atom stereocenters. The van der Waals surface area contributed by atoms with Gasteiger partial charge in [0.1, 0.15) is 0 Å². The quantitative estimate of drug-likeness (QED) is 0.642. The number of sulfone groups is 1. The molecule has 0 saturated carbocycles. The fourth-order valence-electron chi connectivity index (χ4n) is 3.41. The Hall–Kier alpha value is -2.78. The molecule has 0 spiro atoms. The lowest BCUT2D eigenvalue weighted by Gasteiger charge is -2.27. The zero-order chi connectivity index (χ0) is 19.9. The van der Waals surface area contributed by atoms with Crippen LogP contribution in [-0.4, -0.2) is 46.3 Å². The number of nitrogens with zero attached hydrogens (tertiary/aromatic N) is 3. The average Bonchev–Trinajstić information content (AvgIpc) is 3.10. The van der Waals surface area contributed by atoms with Crippen LogP contribution in [-0.2, 0) is 29.3 Å². The van der Waals surface area contributed by atoms with Crippen molar-refractivity contribution in [1.29, 1.82) is 0 Å². The van der Waals surface area contributed by atoms with Crippen molar-refractivity contribution < 1.29 is 8.42 Å². The van der Waals surface area contributed by atoms with Gasteiger partial charge in [-0.25, -0.2) is 13.4 Å². The van der Waals surface area contributed by atoms with Gasteiger partial charge in [-0.1, -0.05) is 29.8 Å². The number of nitrogens with one attached hydrogen (secondary N) is 2. The number of rotatable bonds is 4. The van der Waals surface area contributed by atoms with E-state index in [1.54, 1.807) is 6.20 Å². The van der Waals surface area contributed by atoms with Crippen LogP contribution in [0, 0.1) is 6.92 Å². The standard InChI is InChI=1S/C19H21N5O3S/c1-12-3-5-13(6-4-12)17-14(9-20-23-17)10-24-8-7-16-15(11-24)18(25)22-19(21-16)28(2,26)27/h3-6,9H,7-8,10-11H2,1-2H3,(H,20,23)(H,21,22,25). The molecule has 0 unspecified atom stereocenters. The van der Waals surface area contributed by atoms with Gasteiger partial charge in [0.2, 0.25) is 15.0 Å². The van der Waals surface area contributed by atoms with Crippen molar-refractivity contribution in [3.63, 3.8) is 0 Å². The molecule has 1 aromatic carbocycles. The zero-order valence-electron chi connectivity index (χ0n) is 15.7. The lowest BCUT2D eigenvalue weighted by Crippen LogP contribution is -2.36. The number of H-pyrrole nitrogens is 2. The summed E-state index contributed by atoms with van der Waals surface area (Å²) in [4.78, 5) is 21.1. The average molecular weight is 399 g/mol. The number of hydrogen-bond acceptors (Lipinski definition) is 6. The van der Waals surface area contributed by atoms with Crippen LogP contribution in [0.5, 0.6) is 0 Å². The molecule has 2 N–H and O–H groups in total. The van der Waals surface area contributed by atoms with Crippen LogP contribution in [0.2, 0.25) is 0 Å². The van der Waals surface area contributed by atoms with E-state index < -0.39 is 9.84 Å². The van der Waals surface area contributed by atoms with Crippen LogP contribution < -0.4 is 5.56 Å². The highest BCUT2D eigenvalue weighted by Gasteiger charge is 2.24. The fraction of sp³-hybridized carbons (Fsp3) is 0.316. The molecule has 0 fully saturated rings. The molecular formula is C19H21N5O3S. The van der Waals surface area contributed by atoms with Crippen LogP contribution >= 0.6 is 0 Å². The van der Waals surface area contributed by atoms with Gasteiger partial charge in [0.15, 0.2) is 0 Å². The second-order valence-electron chi connectivity index (χ2n) is 7.17. The van der Waals surface area contributed by atoms with Crippen molar-refractivity contribution >= 4 is 9.84 Å². The van der Waals surface area contributed by atoms with Gasteiger partial charge in [0.05, 0.1) is 23.1 Å². The van der Waals surface area contributed by atoms with E-state index in [0.29, 0.717) is 37.3 Å². The van der Waals surface area contributed by atoms with Crippen LogP contribution in [0.25, 0.3) is 11.3 Å². The molecule has 0 radical (unpaired) electrons. The van der Waals surface area contributed by atoms with Crippen molar-refractivity contribution in [2.75, 3.05) is 12.8 Å². The molecule has 28 heavy (non-hydrogen) atoms. The third-order valence-corrected chi connectivity index (χ3v) is 5.83. The molecule has 9 heteroatoms. The van der Waals surface area contributed by atoms with Crippen LogP contribution in [0.1, 0.15) is 22.4 Å². The smallest absolute Gasteiger partial charge is 0.256 e. The Morgan fingerprint density at radius 1 is 1.21 bits per heavy atom. The first-order valence-electron chi connectivity index (χ1n) is 8.95. The van der Waals surface area contributed by atoms with Gasteiger partial charge in [0.25, 0.3) is 5.56 Å². The van der Waals surface area contributed by atoms with Gasteiger partial charge in [-0.05, 0) is 12.5 Å². The number of benzene rings is 1. The summed E-state index contributed by atoms with van der Waals surface area (Å²) in [5, 5.41) is 6.99. The molecule has 1 aliphatic rings. The number of aromatic amines is 2. The van der Waals surface area contributed by atoms with E-state index in [9.17, 15) is 13.2 Å². The van der Waals surface area contributed by atoms with Crippen molar-refractivity contribution in [1.82, 2.24) is 25.1 Å². The summed E-state index contributed by atoms with van der Waals surface area (Å²) in [6.45, 7) is 3.78. The minimum Gasteiger partial charge on any atom is -0.297 e. The summed E-state index contributed by atoms with van der Waals surface area (Å²) in [7, 11) is -3.55. The SMILES string of the molecule is Cc1ccc(-c2[nH]ncc2CN2CCc3nc(S(C)(=O)=O)[nH]c(=O)c3C2)cc1. The van der Waals surface area contributed by atoms with Gasteiger partial charge >= 0.3 is 0 Å². The zero-order valence-corrected chi connectivity index (χ0v) is 16.5. The van der Waals surface area contributed by atoms with Crippen molar-refractivity contribution in [3.8, 4) is 11.3 Å². The van der Waals surface area contributed by atoms with Gasteiger partial charge in [-0.3, -0.25) is 19.8 Å². The van der Waals surface area contributed by atoms with E-state index >= 15 is 0 Å². The van der Waals surface area contributed by atoms with Crippen LogP contribution in [0.15, 0.2) is 40.4 Å². The highest BCUT2D eigenvalue weighted by Crippen LogP contribution is 2.24. The van der Waals surface area contributed by atoms with E-state index in [2.05, 4.69) is 49.3 Å². The van der Waals surface area contributed by atoms with Crippen LogP contribution in [0.4, 0.5) is 0 Å². The Morgan fingerprint density at radius 3 is 2.68 bits per heavy atom. The summed E-state index contributed by atoms with van der Waals surface area (Å²) in [6.07, 6.45) is 3.37. The Balaban J connectivity index is 1.58. The lowest BCUT2D eigenvalue weighted by atomic mass is 10.0. The Labute approximate surface area is 162 Å². The van der Waals surface area contributed by atoms with Gasteiger partial charge in [-0.2, -0.15) is 5.10 Å². The summed E-state index contributed by atoms with van der Waals surface area (Å²) in [6, 6.07) is 8.22. The van der Waals surface area contributed by atoms with E-state index in [1.807, 2.05) is 6.92 Å². The summed E-state index contributed by atoms with van der Waals surface area (Å²) in [5.74, 6) is 0. The first-order chi connectivity index (χ1) is 13.3. The highest BCUT2D eigenvalue weighted by atomic mass is 32.2. The van der Waals surface area contributed by atoms with Crippen molar-refractivity contribution in [2.45, 2.75) is 31.6 Å². The molecule has 0 saturated heterocycles. The molecule has 8 nitrogen and oxygen atoms in total. The third-order valence-electron chi connectivity index (χ3n) is 4.93. The Kier molecular flexibility index (Phi) is 4.64. The molecule has 146 valence electrons. The summed E-state index contributed by atoms with van der Waals surface area (Å²) in [5.41, 5.74) is 4.96. The second-order valence-corrected chi connectivity index (χ2v) is 9.10. The molecule has 0 amide bonds. The van der Waals surface area contributed by atoms with E-state index in [-0.39, 0.29) is 10.7 Å². The first kappa shape index (κ1) is 18.6. The lowest BCUT2D eigenvalue weighted by molar-refractivity contribution is 0.241. The normalized spacial score (nSPS) is 14.8. The minimum atomic E-state index is -3.55. The molecule has 1 aliphatic heterocycles. The number of fused-ring (bicyclic) bond motifs is 1.